The predicted octanol–water partition coefficient (Wildman–Crippen LogP) is 18.1. The van der Waals surface area contributed by atoms with Gasteiger partial charge in [0.05, 0.1) is 16.7 Å². The van der Waals surface area contributed by atoms with Crippen LogP contribution in [0, 0.1) is 0 Å². The molecule has 14 rings (SSSR count). The SMILES string of the molecule is CC(C)(C)c1ccc(-c2ccc3c(c2)N(c2ccc(-c4ccccc4)cc2)c2cc(-n4c5ccccc5c5ccccc54)cc4c2B3c2ccc(-c3ccc(C(C)(C)C)cc3)cc2N4c2ccc(-c3ccccc3)cc2)cc1. The number of anilines is 6. The van der Waals surface area contributed by atoms with Crippen molar-refractivity contribution in [2.24, 2.45) is 0 Å². The Labute approximate surface area is 459 Å². The Hall–Kier alpha value is -9.12. The van der Waals surface area contributed by atoms with Gasteiger partial charge in [0, 0.05) is 44.9 Å². The van der Waals surface area contributed by atoms with Crippen LogP contribution in [-0.4, -0.2) is 11.3 Å². The van der Waals surface area contributed by atoms with E-state index in [1.165, 1.54) is 105 Å². The fourth-order valence-corrected chi connectivity index (χ4v) is 12.4. The molecule has 0 fully saturated rings. The molecule has 0 aliphatic carbocycles. The van der Waals surface area contributed by atoms with Crippen LogP contribution in [-0.2, 0) is 10.8 Å². The molecule has 11 aromatic carbocycles. The van der Waals surface area contributed by atoms with Crippen molar-refractivity contribution in [2.75, 3.05) is 9.80 Å². The highest BCUT2D eigenvalue weighted by Gasteiger charge is 2.44. The third-order valence-electron chi connectivity index (χ3n) is 16.5. The largest absolute Gasteiger partial charge is 0.311 e. The van der Waals surface area contributed by atoms with Crippen molar-refractivity contribution >= 4 is 79.0 Å². The first-order chi connectivity index (χ1) is 37.9. The molecule has 0 bridgehead atoms. The number of rotatable bonds is 7. The minimum absolute atomic E-state index is 0.0501. The van der Waals surface area contributed by atoms with Gasteiger partial charge in [-0.2, -0.15) is 0 Å². The van der Waals surface area contributed by atoms with Gasteiger partial charge in [0.15, 0.2) is 0 Å². The van der Waals surface area contributed by atoms with Crippen LogP contribution >= 0.6 is 0 Å². The summed E-state index contributed by atoms with van der Waals surface area (Å²) in [5, 5.41) is 2.47. The van der Waals surface area contributed by atoms with Gasteiger partial charge >= 0.3 is 0 Å². The van der Waals surface area contributed by atoms with Gasteiger partial charge in [-0.3, -0.25) is 0 Å². The Morgan fingerprint density at radius 1 is 0.282 bits per heavy atom. The second-order valence-electron chi connectivity index (χ2n) is 23.4. The van der Waals surface area contributed by atoms with E-state index in [-0.39, 0.29) is 17.5 Å². The third kappa shape index (κ3) is 7.97. The van der Waals surface area contributed by atoms with E-state index in [0.717, 1.165) is 28.4 Å². The summed E-state index contributed by atoms with van der Waals surface area (Å²) in [6, 6.07) is 95.6. The lowest BCUT2D eigenvalue weighted by molar-refractivity contribution is 0.590. The fourth-order valence-electron chi connectivity index (χ4n) is 12.4. The lowest BCUT2D eigenvalue weighted by atomic mass is 9.33. The molecule has 0 N–H and O–H groups in total. The summed E-state index contributed by atoms with van der Waals surface area (Å²) in [6.07, 6.45) is 0. The highest BCUT2D eigenvalue weighted by molar-refractivity contribution is 7.00. The zero-order valence-electron chi connectivity index (χ0n) is 45.2. The predicted molar refractivity (Wildman–Crippen MR) is 334 cm³/mol. The summed E-state index contributed by atoms with van der Waals surface area (Å²) in [5.74, 6) is 0. The molecule has 1 aromatic heterocycles. The van der Waals surface area contributed by atoms with E-state index in [0.29, 0.717) is 0 Å². The smallest absolute Gasteiger partial charge is 0.252 e. The molecule has 374 valence electrons. The van der Waals surface area contributed by atoms with Crippen molar-refractivity contribution < 1.29 is 0 Å². The van der Waals surface area contributed by atoms with Gasteiger partial charge < -0.3 is 14.4 Å². The van der Waals surface area contributed by atoms with Gasteiger partial charge in [-0.15, -0.1) is 0 Å². The number of para-hydroxylation sites is 2. The molecule has 0 atom stereocenters. The van der Waals surface area contributed by atoms with E-state index in [4.69, 9.17) is 0 Å². The van der Waals surface area contributed by atoms with Crippen molar-refractivity contribution in [3.05, 3.63) is 266 Å². The van der Waals surface area contributed by atoms with Crippen LogP contribution in [0.3, 0.4) is 0 Å². The van der Waals surface area contributed by atoms with Crippen LogP contribution in [0.25, 0.3) is 72.0 Å². The maximum atomic E-state index is 2.57. The molecule has 0 amide bonds. The van der Waals surface area contributed by atoms with Crippen molar-refractivity contribution in [1.82, 2.24) is 4.57 Å². The molecule has 3 nitrogen and oxygen atoms in total. The first-order valence-electron chi connectivity index (χ1n) is 27.5. The normalized spacial score (nSPS) is 12.9. The molecule has 0 unspecified atom stereocenters. The molecule has 4 heteroatoms. The number of benzene rings is 11. The quantitative estimate of drug-likeness (QED) is 0.147. The molecule has 0 saturated heterocycles. The van der Waals surface area contributed by atoms with Crippen LogP contribution in [0.2, 0.25) is 0 Å². The van der Waals surface area contributed by atoms with E-state index in [2.05, 4.69) is 311 Å². The van der Waals surface area contributed by atoms with E-state index in [1.54, 1.807) is 0 Å². The number of fused-ring (bicyclic) bond motifs is 7. The zero-order chi connectivity index (χ0) is 52.9. The van der Waals surface area contributed by atoms with Gasteiger partial charge in [0.1, 0.15) is 0 Å². The fraction of sp³-hybridized carbons (Fsp3) is 0.108. The summed E-state index contributed by atoms with van der Waals surface area (Å²) < 4.78 is 2.50. The average Bonchev–Trinajstić information content (AvgIpc) is 3.46. The third-order valence-corrected chi connectivity index (χ3v) is 16.5. The minimum Gasteiger partial charge on any atom is -0.311 e. The summed E-state index contributed by atoms with van der Waals surface area (Å²) in [7, 11) is 0. The van der Waals surface area contributed by atoms with E-state index < -0.39 is 0 Å². The van der Waals surface area contributed by atoms with E-state index in [9.17, 15) is 0 Å². The molecule has 78 heavy (non-hydrogen) atoms. The molecule has 0 saturated carbocycles. The Bertz CT molecular complexity index is 3970. The molecular weight excluding hydrogens is 942 g/mol. The number of aromatic nitrogens is 1. The second kappa shape index (κ2) is 18.3. The van der Waals surface area contributed by atoms with Crippen LogP contribution in [0.15, 0.2) is 255 Å². The average molecular weight is 1000 g/mol. The molecular formula is C74H60BN3. The molecule has 0 spiro atoms. The second-order valence-corrected chi connectivity index (χ2v) is 23.4. The highest BCUT2D eigenvalue weighted by atomic mass is 15.2. The Kier molecular flexibility index (Phi) is 11.1. The van der Waals surface area contributed by atoms with Crippen LogP contribution in [0.4, 0.5) is 34.1 Å². The van der Waals surface area contributed by atoms with Crippen LogP contribution in [0.1, 0.15) is 52.7 Å². The van der Waals surface area contributed by atoms with Crippen LogP contribution in [0.5, 0.6) is 0 Å². The van der Waals surface area contributed by atoms with Gasteiger partial charge in [0.25, 0.3) is 6.71 Å². The van der Waals surface area contributed by atoms with Crippen molar-refractivity contribution in [3.8, 4) is 50.2 Å². The monoisotopic (exact) mass is 1000 g/mol. The number of hydrogen-bond acceptors (Lipinski definition) is 2. The standard InChI is InChI=1S/C74H60BN3/c1-73(2,3)57-35-25-53(26-36-57)55-33-43-64-68(45-55)76(59-39-29-51(30-40-59)49-17-9-7-10-18-49)70-47-61(78-66-23-15-13-21-62(66)63-22-14-16-24-67(63)78)48-71-72(70)75(64)65-44-34-56(54-27-37-58(38-28-54)74(4,5)6)46-69(65)77(71)60-41-31-52(32-42-60)50-19-11-8-12-20-50/h7-48H,1-6H3. The Morgan fingerprint density at radius 2 is 0.615 bits per heavy atom. The Balaban J connectivity index is 1.07. The first-order valence-corrected chi connectivity index (χ1v) is 27.5. The van der Waals surface area contributed by atoms with Gasteiger partial charge in [-0.05, 0) is 144 Å². The van der Waals surface area contributed by atoms with E-state index in [1.807, 2.05) is 0 Å². The molecule has 2 aliphatic heterocycles. The minimum atomic E-state index is -0.0819. The number of nitrogens with zero attached hydrogens (tertiary/aromatic N) is 3. The van der Waals surface area contributed by atoms with Crippen molar-refractivity contribution in [1.29, 1.82) is 0 Å². The van der Waals surface area contributed by atoms with Crippen LogP contribution < -0.4 is 26.2 Å². The van der Waals surface area contributed by atoms with E-state index >= 15 is 0 Å². The molecule has 3 heterocycles. The van der Waals surface area contributed by atoms with Crippen molar-refractivity contribution in [2.45, 2.75) is 52.4 Å². The lowest BCUT2D eigenvalue weighted by Crippen LogP contribution is -2.61. The molecule has 12 aromatic rings. The Morgan fingerprint density at radius 3 is 1.01 bits per heavy atom. The van der Waals surface area contributed by atoms with Gasteiger partial charge in [-0.1, -0.05) is 236 Å². The van der Waals surface area contributed by atoms with Gasteiger partial charge in [-0.25, -0.2) is 0 Å². The van der Waals surface area contributed by atoms with Crippen molar-refractivity contribution in [3.63, 3.8) is 0 Å². The maximum absolute atomic E-state index is 2.57. The first kappa shape index (κ1) is 47.3. The zero-order valence-corrected chi connectivity index (χ0v) is 45.2. The topological polar surface area (TPSA) is 11.4 Å². The summed E-state index contributed by atoms with van der Waals surface area (Å²) >= 11 is 0. The van der Waals surface area contributed by atoms with Gasteiger partial charge in [0.2, 0.25) is 0 Å². The lowest BCUT2D eigenvalue weighted by Gasteiger charge is -2.44. The summed E-state index contributed by atoms with van der Waals surface area (Å²) in [6.45, 7) is 13.6. The summed E-state index contributed by atoms with van der Waals surface area (Å²) in [4.78, 5) is 5.13. The summed E-state index contributed by atoms with van der Waals surface area (Å²) in [5.41, 5.74) is 26.5. The molecule has 0 radical (unpaired) electrons. The molecule has 2 aliphatic rings. The highest BCUT2D eigenvalue weighted by Crippen LogP contribution is 2.48. The number of hydrogen-bond donors (Lipinski definition) is 0. The maximum Gasteiger partial charge on any atom is 0.252 e.